The molecule has 3 N–H and O–H groups in total. The van der Waals surface area contributed by atoms with E-state index in [0.717, 1.165) is 5.75 Å². The molecule has 0 radical (unpaired) electrons. The second-order valence-electron chi connectivity index (χ2n) is 6.85. The number of hydrogen-bond donors (Lipinski definition) is 2. The Morgan fingerprint density at radius 3 is 2.05 bits per heavy atom. The molecule has 5 heteroatoms. The van der Waals surface area contributed by atoms with Crippen molar-refractivity contribution in [3.8, 4) is 0 Å². The highest BCUT2D eigenvalue weighted by molar-refractivity contribution is 7.99. The van der Waals surface area contributed by atoms with Gasteiger partial charge in [-0.25, -0.2) is 0 Å². The molecule has 0 saturated heterocycles. The summed E-state index contributed by atoms with van der Waals surface area (Å²) in [6, 6.07) is -0.352. The molecule has 112 valence electrons. The lowest BCUT2D eigenvalue weighted by Gasteiger charge is -2.26. The van der Waals surface area contributed by atoms with Crippen LogP contribution in [0.4, 0.5) is 0 Å². The minimum absolute atomic E-state index is 0.151. The molecule has 0 spiro atoms. The van der Waals surface area contributed by atoms with Gasteiger partial charge in [-0.3, -0.25) is 9.59 Å². The van der Waals surface area contributed by atoms with Gasteiger partial charge >= 0.3 is 0 Å². The number of thioether (sulfide) groups is 1. The maximum absolute atomic E-state index is 11.8. The molecule has 0 unspecified atom stereocenters. The first-order chi connectivity index (χ1) is 8.43. The Kier molecular flexibility index (Phi) is 7.08. The van der Waals surface area contributed by atoms with Gasteiger partial charge in [-0.1, -0.05) is 20.8 Å². The summed E-state index contributed by atoms with van der Waals surface area (Å²) in [5.41, 5.74) is 4.94. The quantitative estimate of drug-likeness (QED) is 0.703. The molecule has 0 heterocycles. The lowest BCUT2D eigenvalue weighted by atomic mass is 9.89. The smallest absolute Gasteiger partial charge is 0.235 e. The molecule has 0 aliphatic carbocycles. The first-order valence-electron chi connectivity index (χ1n) is 6.61. The SMILES string of the molecule is CC(C)(C)N[C@H](CSCCC(=O)C(C)(C)C)C(N)=O. The van der Waals surface area contributed by atoms with Crippen molar-refractivity contribution in [1.82, 2.24) is 5.32 Å². The zero-order valence-corrected chi connectivity index (χ0v) is 13.8. The Labute approximate surface area is 121 Å². The van der Waals surface area contributed by atoms with Crippen LogP contribution in [0.2, 0.25) is 0 Å². The first-order valence-corrected chi connectivity index (χ1v) is 7.77. The van der Waals surface area contributed by atoms with Crippen LogP contribution in [0.3, 0.4) is 0 Å². The molecule has 19 heavy (non-hydrogen) atoms. The highest BCUT2D eigenvalue weighted by Crippen LogP contribution is 2.18. The van der Waals surface area contributed by atoms with E-state index in [2.05, 4.69) is 5.32 Å². The molecule has 0 bridgehead atoms. The van der Waals surface area contributed by atoms with E-state index in [0.29, 0.717) is 12.2 Å². The standard InChI is InChI=1S/C14H28N2O2S/c1-13(2,3)11(17)7-8-19-9-10(12(15)18)16-14(4,5)6/h10,16H,7-9H2,1-6H3,(H2,15,18)/t10-/m1/s1. The Morgan fingerprint density at radius 2 is 1.68 bits per heavy atom. The number of Topliss-reactive ketones (excluding diaryl/α,β-unsaturated/α-hetero) is 1. The molecular weight excluding hydrogens is 260 g/mol. The topological polar surface area (TPSA) is 72.2 Å². The van der Waals surface area contributed by atoms with Crippen LogP contribution in [-0.2, 0) is 9.59 Å². The van der Waals surface area contributed by atoms with Crippen LogP contribution >= 0.6 is 11.8 Å². The Morgan fingerprint density at radius 1 is 1.16 bits per heavy atom. The van der Waals surface area contributed by atoms with Gasteiger partial charge in [0.15, 0.2) is 0 Å². The van der Waals surface area contributed by atoms with E-state index < -0.39 is 0 Å². The van der Waals surface area contributed by atoms with Gasteiger partial charge in [0.1, 0.15) is 5.78 Å². The summed E-state index contributed by atoms with van der Waals surface area (Å²) in [5.74, 6) is 1.24. The minimum atomic E-state index is -0.352. The van der Waals surface area contributed by atoms with E-state index in [1.54, 1.807) is 11.8 Å². The van der Waals surface area contributed by atoms with Gasteiger partial charge in [-0.15, -0.1) is 0 Å². The third-order valence-corrected chi connectivity index (χ3v) is 3.61. The van der Waals surface area contributed by atoms with Crippen molar-refractivity contribution in [2.45, 2.75) is 59.5 Å². The van der Waals surface area contributed by atoms with Crippen molar-refractivity contribution >= 4 is 23.5 Å². The van der Waals surface area contributed by atoms with Crippen LogP contribution in [0.25, 0.3) is 0 Å². The van der Waals surface area contributed by atoms with Gasteiger partial charge < -0.3 is 11.1 Å². The van der Waals surface area contributed by atoms with Crippen LogP contribution in [0.1, 0.15) is 48.0 Å². The van der Waals surface area contributed by atoms with E-state index >= 15 is 0 Å². The third kappa shape index (κ3) is 9.05. The predicted octanol–water partition coefficient (Wildman–Crippen LogP) is 1.97. The normalized spacial score (nSPS) is 14.2. The molecule has 0 saturated carbocycles. The second-order valence-corrected chi connectivity index (χ2v) is 8.00. The van der Waals surface area contributed by atoms with Gasteiger partial charge in [0, 0.05) is 28.9 Å². The fourth-order valence-electron chi connectivity index (χ4n) is 1.46. The average Bonchev–Trinajstić information content (AvgIpc) is 2.18. The summed E-state index contributed by atoms with van der Waals surface area (Å²) in [7, 11) is 0. The molecular formula is C14H28N2O2S. The molecule has 0 aliphatic heterocycles. The number of carbonyl (C=O) groups is 2. The highest BCUT2D eigenvalue weighted by Gasteiger charge is 2.23. The molecule has 0 aromatic carbocycles. The molecule has 1 amide bonds. The average molecular weight is 288 g/mol. The number of amides is 1. The van der Waals surface area contributed by atoms with Crippen molar-refractivity contribution in [3.63, 3.8) is 0 Å². The van der Waals surface area contributed by atoms with Crippen LogP contribution in [-0.4, -0.2) is 34.8 Å². The van der Waals surface area contributed by atoms with Crippen molar-refractivity contribution in [2.24, 2.45) is 11.1 Å². The van der Waals surface area contributed by atoms with Gasteiger partial charge in [0.05, 0.1) is 6.04 Å². The van der Waals surface area contributed by atoms with Crippen LogP contribution in [0.15, 0.2) is 0 Å². The summed E-state index contributed by atoms with van der Waals surface area (Å²) < 4.78 is 0. The molecule has 0 rings (SSSR count). The van der Waals surface area contributed by atoms with E-state index in [9.17, 15) is 9.59 Å². The predicted molar refractivity (Wildman–Crippen MR) is 82.3 cm³/mol. The fourth-order valence-corrected chi connectivity index (χ4v) is 2.44. The first kappa shape index (κ1) is 18.4. The molecule has 0 aromatic heterocycles. The van der Waals surface area contributed by atoms with Gasteiger partial charge in [0.2, 0.25) is 5.91 Å². The van der Waals surface area contributed by atoms with E-state index in [4.69, 9.17) is 5.73 Å². The van der Waals surface area contributed by atoms with Gasteiger partial charge in [-0.05, 0) is 20.8 Å². The number of hydrogen-bond acceptors (Lipinski definition) is 4. The second kappa shape index (κ2) is 7.29. The molecule has 4 nitrogen and oxygen atoms in total. The van der Waals surface area contributed by atoms with Crippen molar-refractivity contribution in [2.75, 3.05) is 11.5 Å². The summed E-state index contributed by atoms with van der Waals surface area (Å²) in [4.78, 5) is 23.1. The van der Waals surface area contributed by atoms with E-state index in [-0.39, 0.29) is 28.7 Å². The summed E-state index contributed by atoms with van der Waals surface area (Å²) in [6.07, 6.45) is 0.537. The fraction of sp³-hybridized carbons (Fsp3) is 0.857. The minimum Gasteiger partial charge on any atom is -0.368 e. The van der Waals surface area contributed by atoms with Gasteiger partial charge in [0.25, 0.3) is 0 Å². The maximum Gasteiger partial charge on any atom is 0.235 e. The summed E-state index contributed by atoms with van der Waals surface area (Å²) in [5, 5.41) is 3.19. The number of carbonyl (C=O) groups excluding carboxylic acids is 2. The highest BCUT2D eigenvalue weighted by atomic mass is 32.2. The van der Waals surface area contributed by atoms with Crippen molar-refractivity contribution in [3.05, 3.63) is 0 Å². The summed E-state index contributed by atoms with van der Waals surface area (Å²) >= 11 is 1.59. The van der Waals surface area contributed by atoms with E-state index in [1.165, 1.54) is 0 Å². The monoisotopic (exact) mass is 288 g/mol. The lowest BCUT2D eigenvalue weighted by molar-refractivity contribution is -0.125. The maximum atomic E-state index is 11.8. The Bertz CT molecular complexity index is 316. The van der Waals surface area contributed by atoms with Gasteiger partial charge in [-0.2, -0.15) is 11.8 Å². The van der Waals surface area contributed by atoms with Crippen LogP contribution in [0.5, 0.6) is 0 Å². The van der Waals surface area contributed by atoms with Crippen LogP contribution < -0.4 is 11.1 Å². The Hall–Kier alpha value is -0.550. The number of ketones is 1. The molecule has 0 aliphatic rings. The zero-order chi connectivity index (χ0) is 15.3. The number of rotatable bonds is 7. The van der Waals surface area contributed by atoms with Crippen molar-refractivity contribution in [1.29, 1.82) is 0 Å². The van der Waals surface area contributed by atoms with E-state index in [1.807, 2.05) is 41.5 Å². The zero-order valence-electron chi connectivity index (χ0n) is 13.0. The number of primary amides is 1. The third-order valence-electron chi connectivity index (χ3n) is 2.55. The number of nitrogens with one attached hydrogen (secondary N) is 1. The molecule has 0 fully saturated rings. The summed E-state index contributed by atoms with van der Waals surface area (Å²) in [6.45, 7) is 11.8. The van der Waals surface area contributed by atoms with Crippen LogP contribution in [0, 0.1) is 5.41 Å². The lowest BCUT2D eigenvalue weighted by Crippen LogP contribution is -2.51. The number of nitrogens with two attached hydrogens (primary N) is 1. The molecule has 1 atom stereocenters. The largest absolute Gasteiger partial charge is 0.368 e. The molecule has 0 aromatic rings. The Balaban J connectivity index is 4.09. The van der Waals surface area contributed by atoms with Crippen molar-refractivity contribution < 1.29 is 9.59 Å².